The number of hydrogen-bond acceptors (Lipinski definition) is 3. The molecule has 1 aromatic carbocycles. The quantitative estimate of drug-likeness (QED) is 0.835. The highest BCUT2D eigenvalue weighted by molar-refractivity contribution is 6.30. The standard InChI is InChI=1S/C17H22ClNO4/c1-11(23-15-7-5-14(18)6-8-15)10-19-16(20)12-3-2-4-13(9-12)17(21)22/h5-8,11-13H,2-4,9-10H2,1H3,(H,19,20)(H,21,22). The van der Waals surface area contributed by atoms with Crippen molar-refractivity contribution in [2.75, 3.05) is 6.54 Å². The predicted molar refractivity (Wildman–Crippen MR) is 87.6 cm³/mol. The first kappa shape index (κ1) is 17.6. The van der Waals surface area contributed by atoms with Crippen molar-refractivity contribution in [2.45, 2.75) is 38.7 Å². The Bertz CT molecular complexity index is 546. The van der Waals surface area contributed by atoms with Crippen LogP contribution < -0.4 is 10.1 Å². The summed E-state index contributed by atoms with van der Waals surface area (Å²) < 4.78 is 5.70. The van der Waals surface area contributed by atoms with Crippen LogP contribution >= 0.6 is 11.6 Å². The van der Waals surface area contributed by atoms with E-state index in [0.29, 0.717) is 30.2 Å². The molecule has 1 amide bonds. The van der Waals surface area contributed by atoms with Crippen molar-refractivity contribution in [3.05, 3.63) is 29.3 Å². The molecule has 2 N–H and O–H groups in total. The van der Waals surface area contributed by atoms with E-state index in [1.54, 1.807) is 24.3 Å². The van der Waals surface area contributed by atoms with Crippen LogP contribution in [0, 0.1) is 11.8 Å². The normalized spacial score (nSPS) is 22.2. The highest BCUT2D eigenvalue weighted by Crippen LogP contribution is 2.29. The molecule has 1 aliphatic rings. The molecule has 0 spiro atoms. The highest BCUT2D eigenvalue weighted by atomic mass is 35.5. The monoisotopic (exact) mass is 339 g/mol. The maximum absolute atomic E-state index is 12.2. The third-order valence-electron chi connectivity index (χ3n) is 4.11. The molecular weight excluding hydrogens is 318 g/mol. The summed E-state index contributed by atoms with van der Waals surface area (Å²) in [5.74, 6) is -0.806. The lowest BCUT2D eigenvalue weighted by Gasteiger charge is -2.26. The second kappa shape index (κ2) is 8.20. The Balaban J connectivity index is 1.77. The molecule has 3 unspecified atom stereocenters. The minimum Gasteiger partial charge on any atom is -0.489 e. The van der Waals surface area contributed by atoms with Crippen LogP contribution in [-0.2, 0) is 9.59 Å². The molecule has 0 bridgehead atoms. The van der Waals surface area contributed by atoms with Crippen molar-refractivity contribution in [1.29, 1.82) is 0 Å². The summed E-state index contributed by atoms with van der Waals surface area (Å²) >= 11 is 5.82. The lowest BCUT2D eigenvalue weighted by molar-refractivity contribution is -0.144. The van der Waals surface area contributed by atoms with E-state index in [0.717, 1.165) is 12.8 Å². The van der Waals surface area contributed by atoms with Gasteiger partial charge in [-0.15, -0.1) is 0 Å². The molecule has 23 heavy (non-hydrogen) atoms. The number of ether oxygens (including phenoxy) is 1. The van der Waals surface area contributed by atoms with E-state index < -0.39 is 11.9 Å². The number of halogens is 1. The number of amides is 1. The van der Waals surface area contributed by atoms with Gasteiger partial charge in [0.1, 0.15) is 11.9 Å². The molecule has 5 nitrogen and oxygen atoms in total. The number of benzene rings is 1. The molecule has 0 aliphatic heterocycles. The Labute approximate surface area is 141 Å². The molecule has 3 atom stereocenters. The van der Waals surface area contributed by atoms with Gasteiger partial charge < -0.3 is 15.2 Å². The maximum atomic E-state index is 12.2. The third-order valence-corrected chi connectivity index (χ3v) is 4.36. The van der Waals surface area contributed by atoms with E-state index in [4.69, 9.17) is 21.4 Å². The van der Waals surface area contributed by atoms with Gasteiger partial charge in [-0.1, -0.05) is 18.0 Å². The van der Waals surface area contributed by atoms with Crippen LogP contribution in [0.25, 0.3) is 0 Å². The van der Waals surface area contributed by atoms with Crippen molar-refractivity contribution in [3.8, 4) is 5.75 Å². The Hall–Kier alpha value is -1.75. The Morgan fingerprint density at radius 3 is 2.61 bits per heavy atom. The second-order valence-corrected chi connectivity index (χ2v) is 6.46. The van der Waals surface area contributed by atoms with Crippen molar-refractivity contribution < 1.29 is 19.4 Å². The van der Waals surface area contributed by atoms with Gasteiger partial charge in [-0.2, -0.15) is 0 Å². The summed E-state index contributed by atoms with van der Waals surface area (Å²) in [7, 11) is 0. The molecule has 6 heteroatoms. The minimum absolute atomic E-state index is 0.0810. The summed E-state index contributed by atoms with van der Waals surface area (Å²) in [6.45, 7) is 2.26. The number of hydrogen-bond donors (Lipinski definition) is 2. The molecule has 2 rings (SSSR count). The molecule has 1 aromatic rings. The van der Waals surface area contributed by atoms with E-state index in [2.05, 4.69) is 5.32 Å². The van der Waals surface area contributed by atoms with Crippen LogP contribution in [0.1, 0.15) is 32.6 Å². The first-order valence-corrected chi connectivity index (χ1v) is 8.26. The molecule has 0 heterocycles. The number of rotatable bonds is 6. The van der Waals surface area contributed by atoms with Crippen LogP contribution in [0.3, 0.4) is 0 Å². The average molecular weight is 340 g/mol. The fourth-order valence-corrected chi connectivity index (χ4v) is 2.95. The van der Waals surface area contributed by atoms with E-state index in [1.807, 2.05) is 6.92 Å². The molecule has 0 saturated heterocycles. The summed E-state index contributed by atoms with van der Waals surface area (Å²) in [6, 6.07) is 7.05. The van der Waals surface area contributed by atoms with Gasteiger partial charge in [0.2, 0.25) is 5.91 Å². The maximum Gasteiger partial charge on any atom is 0.306 e. The Morgan fingerprint density at radius 2 is 1.96 bits per heavy atom. The van der Waals surface area contributed by atoms with Gasteiger partial charge in [0.05, 0.1) is 12.5 Å². The number of aliphatic carboxylic acids is 1. The van der Waals surface area contributed by atoms with E-state index in [1.165, 1.54) is 0 Å². The van der Waals surface area contributed by atoms with E-state index in [-0.39, 0.29) is 17.9 Å². The van der Waals surface area contributed by atoms with Crippen LogP contribution in [0.5, 0.6) is 5.75 Å². The third kappa shape index (κ3) is 5.43. The van der Waals surface area contributed by atoms with Crippen LogP contribution in [0.15, 0.2) is 24.3 Å². The number of carbonyl (C=O) groups is 2. The summed E-state index contributed by atoms with van der Waals surface area (Å²) in [5.41, 5.74) is 0. The zero-order valence-electron chi connectivity index (χ0n) is 13.1. The smallest absolute Gasteiger partial charge is 0.306 e. The van der Waals surface area contributed by atoms with Crippen LogP contribution in [0.4, 0.5) is 0 Å². The van der Waals surface area contributed by atoms with Gasteiger partial charge in [0.25, 0.3) is 0 Å². The molecule has 1 saturated carbocycles. The van der Waals surface area contributed by atoms with Crippen molar-refractivity contribution in [2.24, 2.45) is 11.8 Å². The molecular formula is C17H22ClNO4. The molecule has 126 valence electrons. The largest absolute Gasteiger partial charge is 0.489 e. The summed E-state index contributed by atoms with van der Waals surface area (Å²) in [4.78, 5) is 23.2. The SMILES string of the molecule is CC(CNC(=O)C1CCCC(C(=O)O)C1)Oc1ccc(Cl)cc1. The first-order chi connectivity index (χ1) is 11.0. The molecule has 0 radical (unpaired) electrons. The van der Waals surface area contributed by atoms with Gasteiger partial charge in [-0.05, 0) is 50.5 Å². The lowest BCUT2D eigenvalue weighted by atomic mass is 9.81. The predicted octanol–water partition coefficient (Wildman–Crippen LogP) is 3.11. The number of carbonyl (C=O) groups excluding carboxylic acids is 1. The van der Waals surface area contributed by atoms with Crippen molar-refractivity contribution in [3.63, 3.8) is 0 Å². The number of nitrogens with one attached hydrogen (secondary N) is 1. The fraction of sp³-hybridized carbons (Fsp3) is 0.529. The highest BCUT2D eigenvalue weighted by Gasteiger charge is 2.30. The van der Waals surface area contributed by atoms with Crippen LogP contribution in [0.2, 0.25) is 5.02 Å². The van der Waals surface area contributed by atoms with Crippen molar-refractivity contribution >= 4 is 23.5 Å². The van der Waals surface area contributed by atoms with Gasteiger partial charge in [0.15, 0.2) is 0 Å². The van der Waals surface area contributed by atoms with Gasteiger partial charge in [-0.3, -0.25) is 9.59 Å². The van der Waals surface area contributed by atoms with E-state index in [9.17, 15) is 9.59 Å². The summed E-state index contributed by atoms with van der Waals surface area (Å²) in [5, 5.41) is 12.6. The average Bonchev–Trinajstić information content (AvgIpc) is 2.55. The molecule has 1 aliphatic carbocycles. The summed E-state index contributed by atoms with van der Waals surface area (Å²) in [6.07, 6.45) is 2.44. The zero-order valence-corrected chi connectivity index (χ0v) is 13.9. The lowest BCUT2D eigenvalue weighted by Crippen LogP contribution is -2.39. The van der Waals surface area contributed by atoms with Gasteiger partial charge in [-0.25, -0.2) is 0 Å². The first-order valence-electron chi connectivity index (χ1n) is 7.88. The number of carboxylic acids is 1. The Morgan fingerprint density at radius 1 is 1.30 bits per heavy atom. The number of carboxylic acid groups (broad SMARTS) is 1. The molecule has 1 fully saturated rings. The second-order valence-electron chi connectivity index (χ2n) is 6.03. The minimum atomic E-state index is -0.804. The van der Waals surface area contributed by atoms with Crippen molar-refractivity contribution in [1.82, 2.24) is 5.32 Å². The topological polar surface area (TPSA) is 75.6 Å². The van der Waals surface area contributed by atoms with E-state index >= 15 is 0 Å². The Kier molecular flexibility index (Phi) is 6.28. The fourth-order valence-electron chi connectivity index (χ4n) is 2.83. The zero-order chi connectivity index (χ0) is 16.8. The van der Waals surface area contributed by atoms with Crippen LogP contribution in [-0.4, -0.2) is 29.6 Å². The molecule has 0 aromatic heterocycles. The van der Waals surface area contributed by atoms with Gasteiger partial charge >= 0.3 is 5.97 Å². The van der Waals surface area contributed by atoms with Gasteiger partial charge in [0, 0.05) is 10.9 Å².